The van der Waals surface area contributed by atoms with Crippen molar-refractivity contribution in [3.63, 3.8) is 0 Å². The number of nitrogens with zero attached hydrogens (tertiary/aromatic N) is 1. The summed E-state index contributed by atoms with van der Waals surface area (Å²) in [6.07, 6.45) is 0.654. The van der Waals surface area contributed by atoms with Crippen molar-refractivity contribution in [3.05, 3.63) is 15.6 Å². The van der Waals surface area contributed by atoms with Crippen LogP contribution in [0.3, 0.4) is 0 Å². The molecule has 1 saturated carbocycles. The van der Waals surface area contributed by atoms with Crippen LogP contribution in [-0.4, -0.2) is 34.4 Å². The van der Waals surface area contributed by atoms with Gasteiger partial charge in [0.25, 0.3) is 5.91 Å². The number of aromatic nitrogens is 1. The zero-order chi connectivity index (χ0) is 16.3. The molecule has 122 valence electrons. The fourth-order valence-electron chi connectivity index (χ4n) is 2.60. The second-order valence-corrected chi connectivity index (χ2v) is 6.47. The Bertz CT molecular complexity index is 556. The van der Waals surface area contributed by atoms with Crippen molar-refractivity contribution in [2.75, 3.05) is 0 Å². The number of aliphatic carboxylic acids is 1. The SMILES string of the molecule is Cc1nc(C2CCCC2)sc1C(=O)NC(CC(F)F)C(=O)O. The second kappa shape index (κ2) is 7.13. The van der Waals surface area contributed by atoms with Crippen LogP contribution in [0, 0.1) is 6.92 Å². The molecule has 0 radical (unpaired) electrons. The molecular weight excluding hydrogens is 314 g/mol. The zero-order valence-electron chi connectivity index (χ0n) is 12.1. The minimum atomic E-state index is -2.79. The summed E-state index contributed by atoms with van der Waals surface area (Å²) in [4.78, 5) is 27.8. The first-order chi connectivity index (χ1) is 10.4. The maximum absolute atomic E-state index is 12.4. The van der Waals surface area contributed by atoms with Crippen molar-refractivity contribution < 1.29 is 23.5 Å². The molecule has 1 aliphatic rings. The molecule has 8 heteroatoms. The summed E-state index contributed by atoms with van der Waals surface area (Å²) in [7, 11) is 0. The first-order valence-corrected chi connectivity index (χ1v) is 7.99. The van der Waals surface area contributed by atoms with E-state index in [2.05, 4.69) is 10.3 Å². The Morgan fingerprint density at radius 2 is 2.05 bits per heavy atom. The van der Waals surface area contributed by atoms with Crippen molar-refractivity contribution in [2.24, 2.45) is 0 Å². The Labute approximate surface area is 130 Å². The number of hydrogen-bond donors (Lipinski definition) is 2. The fraction of sp³-hybridized carbons (Fsp3) is 0.643. The summed E-state index contributed by atoms with van der Waals surface area (Å²) in [5.74, 6) is -1.76. The highest BCUT2D eigenvalue weighted by molar-refractivity contribution is 7.13. The van der Waals surface area contributed by atoms with Gasteiger partial charge in [-0.25, -0.2) is 18.6 Å². The van der Waals surface area contributed by atoms with Crippen LogP contribution < -0.4 is 5.32 Å². The standard InChI is InChI=1S/C14H18F2N2O3S/c1-7-11(22-13(17-7)8-4-2-3-5-8)12(19)18-9(14(20)21)6-10(15)16/h8-10H,2-6H2,1H3,(H,18,19)(H,20,21). The van der Waals surface area contributed by atoms with E-state index >= 15 is 0 Å². The number of carboxylic acid groups (broad SMARTS) is 1. The quantitative estimate of drug-likeness (QED) is 0.839. The van der Waals surface area contributed by atoms with Crippen molar-refractivity contribution >= 4 is 23.2 Å². The van der Waals surface area contributed by atoms with Gasteiger partial charge in [0, 0.05) is 12.3 Å². The Balaban J connectivity index is 2.09. The van der Waals surface area contributed by atoms with Crippen LogP contribution in [-0.2, 0) is 4.79 Å². The predicted molar refractivity (Wildman–Crippen MR) is 77.6 cm³/mol. The lowest BCUT2D eigenvalue weighted by Gasteiger charge is -2.13. The third-order valence-electron chi connectivity index (χ3n) is 3.74. The zero-order valence-corrected chi connectivity index (χ0v) is 13.0. The summed E-state index contributed by atoms with van der Waals surface area (Å²) >= 11 is 1.23. The van der Waals surface area contributed by atoms with Gasteiger partial charge >= 0.3 is 5.97 Å². The lowest BCUT2D eigenvalue weighted by Crippen LogP contribution is -2.41. The first-order valence-electron chi connectivity index (χ1n) is 7.17. The van der Waals surface area contributed by atoms with E-state index in [1.54, 1.807) is 6.92 Å². The normalized spacial score (nSPS) is 16.9. The minimum absolute atomic E-state index is 0.308. The van der Waals surface area contributed by atoms with Crippen LogP contribution in [0.5, 0.6) is 0 Å². The molecule has 2 N–H and O–H groups in total. The molecule has 5 nitrogen and oxygen atoms in total. The van der Waals surface area contributed by atoms with Gasteiger partial charge < -0.3 is 10.4 Å². The van der Waals surface area contributed by atoms with Crippen molar-refractivity contribution in [3.8, 4) is 0 Å². The molecular formula is C14H18F2N2O3S. The van der Waals surface area contributed by atoms with Gasteiger partial charge in [-0.05, 0) is 19.8 Å². The maximum Gasteiger partial charge on any atom is 0.326 e. The molecule has 22 heavy (non-hydrogen) atoms. The van der Waals surface area contributed by atoms with Gasteiger partial charge in [-0.2, -0.15) is 0 Å². The Hall–Kier alpha value is -1.57. The van der Waals surface area contributed by atoms with Gasteiger partial charge in [0.05, 0.1) is 10.7 Å². The molecule has 0 spiro atoms. The third kappa shape index (κ3) is 4.00. The number of carboxylic acids is 1. The highest BCUT2D eigenvalue weighted by Gasteiger charge is 2.28. The van der Waals surface area contributed by atoms with E-state index in [4.69, 9.17) is 5.11 Å². The van der Waals surface area contributed by atoms with E-state index in [0.29, 0.717) is 16.5 Å². The van der Waals surface area contributed by atoms with Gasteiger partial charge in [-0.15, -0.1) is 11.3 Å². The average Bonchev–Trinajstić information content (AvgIpc) is 3.05. The first kappa shape index (κ1) is 16.8. The number of carbonyl (C=O) groups is 2. The van der Waals surface area contributed by atoms with Crippen LogP contribution in [0.25, 0.3) is 0 Å². The predicted octanol–water partition coefficient (Wildman–Crippen LogP) is 2.95. The van der Waals surface area contributed by atoms with Gasteiger partial charge in [-0.3, -0.25) is 4.79 Å². The molecule has 2 rings (SSSR count). The number of hydrogen-bond acceptors (Lipinski definition) is 4. The Morgan fingerprint density at radius 1 is 1.41 bits per heavy atom. The average molecular weight is 332 g/mol. The number of thiazole rings is 1. The molecule has 1 amide bonds. The van der Waals surface area contributed by atoms with Crippen LogP contribution in [0.1, 0.15) is 58.4 Å². The number of carbonyl (C=O) groups excluding carboxylic acids is 1. The van der Waals surface area contributed by atoms with E-state index in [1.807, 2.05) is 0 Å². The van der Waals surface area contributed by atoms with Crippen LogP contribution in [0.15, 0.2) is 0 Å². The highest BCUT2D eigenvalue weighted by atomic mass is 32.1. The van der Waals surface area contributed by atoms with Gasteiger partial charge in [0.15, 0.2) is 0 Å². The van der Waals surface area contributed by atoms with E-state index < -0.39 is 30.8 Å². The van der Waals surface area contributed by atoms with Gasteiger partial charge in [-0.1, -0.05) is 12.8 Å². The number of halogens is 2. The largest absolute Gasteiger partial charge is 0.480 e. The maximum atomic E-state index is 12.4. The summed E-state index contributed by atoms with van der Waals surface area (Å²) < 4.78 is 24.7. The summed E-state index contributed by atoms with van der Waals surface area (Å²) in [5.41, 5.74) is 0.519. The van der Waals surface area contributed by atoms with E-state index in [1.165, 1.54) is 11.3 Å². The number of aryl methyl sites for hydroxylation is 1. The van der Waals surface area contributed by atoms with Gasteiger partial charge in [0.2, 0.25) is 6.43 Å². The monoisotopic (exact) mass is 332 g/mol. The Morgan fingerprint density at radius 3 is 2.59 bits per heavy atom. The van der Waals surface area contributed by atoms with E-state index in [-0.39, 0.29) is 0 Å². The van der Waals surface area contributed by atoms with Crippen LogP contribution in [0.2, 0.25) is 0 Å². The third-order valence-corrected chi connectivity index (χ3v) is 5.06. The molecule has 0 saturated heterocycles. The summed E-state index contributed by atoms with van der Waals surface area (Å²) in [6, 6.07) is -1.59. The molecule has 1 aromatic rings. The highest BCUT2D eigenvalue weighted by Crippen LogP contribution is 2.37. The molecule has 1 fully saturated rings. The molecule has 1 atom stereocenters. The smallest absolute Gasteiger partial charge is 0.326 e. The number of amides is 1. The fourth-order valence-corrected chi connectivity index (χ4v) is 3.74. The number of rotatable bonds is 6. The van der Waals surface area contributed by atoms with E-state index in [0.717, 1.165) is 30.7 Å². The molecule has 0 aromatic carbocycles. The number of nitrogens with one attached hydrogen (secondary N) is 1. The van der Waals surface area contributed by atoms with Crippen molar-refractivity contribution in [2.45, 2.75) is 57.4 Å². The lowest BCUT2D eigenvalue weighted by atomic mass is 10.1. The van der Waals surface area contributed by atoms with Crippen LogP contribution in [0.4, 0.5) is 8.78 Å². The van der Waals surface area contributed by atoms with Crippen molar-refractivity contribution in [1.82, 2.24) is 10.3 Å². The molecule has 0 bridgehead atoms. The lowest BCUT2D eigenvalue weighted by molar-refractivity contribution is -0.140. The molecule has 0 aliphatic heterocycles. The minimum Gasteiger partial charge on any atom is -0.480 e. The summed E-state index contributed by atoms with van der Waals surface area (Å²) in [6.45, 7) is 1.67. The van der Waals surface area contributed by atoms with E-state index in [9.17, 15) is 18.4 Å². The topological polar surface area (TPSA) is 79.3 Å². The molecule has 1 heterocycles. The second-order valence-electron chi connectivity index (χ2n) is 5.44. The van der Waals surface area contributed by atoms with Crippen LogP contribution >= 0.6 is 11.3 Å². The molecule has 1 unspecified atom stereocenters. The summed E-state index contributed by atoms with van der Waals surface area (Å²) in [5, 5.41) is 11.9. The molecule has 1 aromatic heterocycles. The van der Waals surface area contributed by atoms with Crippen molar-refractivity contribution in [1.29, 1.82) is 0 Å². The molecule has 1 aliphatic carbocycles. The Kier molecular flexibility index (Phi) is 5.44. The van der Waals surface area contributed by atoms with Gasteiger partial charge in [0.1, 0.15) is 10.9 Å². The number of alkyl halides is 2.